The van der Waals surface area contributed by atoms with E-state index in [1.807, 2.05) is 7.05 Å². The standard InChI is InChI=1S/C17H37N5O2/c1-15(22-10-12-24-14-16(22)2)13-20-17(18-3)19-7-9-21(4)8-6-11-23-5/h15-16H,6-14H2,1-5H3,(H2,18,19,20). The van der Waals surface area contributed by atoms with E-state index in [1.54, 1.807) is 7.11 Å². The van der Waals surface area contributed by atoms with Gasteiger partial charge in [-0.1, -0.05) is 0 Å². The van der Waals surface area contributed by atoms with Crippen LogP contribution in [0.4, 0.5) is 0 Å². The smallest absolute Gasteiger partial charge is 0.191 e. The molecule has 1 fully saturated rings. The second-order valence-corrected chi connectivity index (χ2v) is 6.54. The van der Waals surface area contributed by atoms with Crippen LogP contribution in [-0.4, -0.2) is 102 Å². The summed E-state index contributed by atoms with van der Waals surface area (Å²) >= 11 is 0. The summed E-state index contributed by atoms with van der Waals surface area (Å²) in [6, 6.07) is 0.936. The van der Waals surface area contributed by atoms with Gasteiger partial charge in [-0.2, -0.15) is 0 Å². The molecule has 2 atom stereocenters. The third-order valence-corrected chi connectivity index (χ3v) is 4.45. The van der Waals surface area contributed by atoms with Crippen molar-refractivity contribution in [2.45, 2.75) is 32.4 Å². The van der Waals surface area contributed by atoms with Crippen molar-refractivity contribution in [3.05, 3.63) is 0 Å². The van der Waals surface area contributed by atoms with Crippen molar-refractivity contribution < 1.29 is 9.47 Å². The molecule has 0 amide bonds. The number of methoxy groups -OCH3 is 1. The van der Waals surface area contributed by atoms with Gasteiger partial charge in [0.15, 0.2) is 5.96 Å². The van der Waals surface area contributed by atoms with Crippen LogP contribution in [0.2, 0.25) is 0 Å². The van der Waals surface area contributed by atoms with Gasteiger partial charge in [-0.05, 0) is 27.3 Å². The Morgan fingerprint density at radius 3 is 2.88 bits per heavy atom. The highest BCUT2D eigenvalue weighted by Gasteiger charge is 2.23. The highest BCUT2D eigenvalue weighted by atomic mass is 16.5. The van der Waals surface area contributed by atoms with Gasteiger partial charge >= 0.3 is 0 Å². The average Bonchev–Trinajstić information content (AvgIpc) is 2.58. The fourth-order valence-corrected chi connectivity index (χ4v) is 2.93. The Balaban J connectivity index is 2.20. The molecule has 2 N–H and O–H groups in total. The number of rotatable bonds is 10. The molecule has 142 valence electrons. The normalized spacial score (nSPS) is 21.1. The van der Waals surface area contributed by atoms with Crippen molar-refractivity contribution in [1.29, 1.82) is 0 Å². The highest BCUT2D eigenvalue weighted by Crippen LogP contribution is 2.09. The molecular formula is C17H37N5O2. The number of hydrogen-bond acceptors (Lipinski definition) is 5. The Kier molecular flexibility index (Phi) is 11.0. The first-order chi connectivity index (χ1) is 11.6. The molecule has 7 heteroatoms. The van der Waals surface area contributed by atoms with Crippen molar-refractivity contribution in [3.8, 4) is 0 Å². The lowest BCUT2D eigenvalue weighted by molar-refractivity contribution is -0.0174. The molecule has 1 saturated heterocycles. The monoisotopic (exact) mass is 343 g/mol. The van der Waals surface area contributed by atoms with E-state index in [-0.39, 0.29) is 0 Å². The van der Waals surface area contributed by atoms with Gasteiger partial charge in [0, 0.05) is 65.6 Å². The predicted molar refractivity (Wildman–Crippen MR) is 99.8 cm³/mol. The fraction of sp³-hybridized carbons (Fsp3) is 0.941. The van der Waals surface area contributed by atoms with E-state index in [9.17, 15) is 0 Å². The fourth-order valence-electron chi connectivity index (χ4n) is 2.93. The maximum atomic E-state index is 5.51. The number of aliphatic imine (C=N–C) groups is 1. The summed E-state index contributed by atoms with van der Waals surface area (Å²) in [5, 5.41) is 6.81. The minimum Gasteiger partial charge on any atom is -0.385 e. The van der Waals surface area contributed by atoms with E-state index >= 15 is 0 Å². The number of likely N-dealkylation sites (N-methyl/N-ethyl adjacent to an activating group) is 1. The van der Waals surface area contributed by atoms with Crippen LogP contribution in [0.25, 0.3) is 0 Å². The summed E-state index contributed by atoms with van der Waals surface area (Å²) < 4.78 is 10.6. The van der Waals surface area contributed by atoms with Gasteiger partial charge in [0.25, 0.3) is 0 Å². The van der Waals surface area contributed by atoms with Crippen LogP contribution in [0.3, 0.4) is 0 Å². The Morgan fingerprint density at radius 2 is 2.21 bits per heavy atom. The molecule has 0 aromatic carbocycles. The lowest BCUT2D eigenvalue weighted by Gasteiger charge is -2.38. The molecule has 0 aromatic rings. The molecule has 1 aliphatic rings. The lowest BCUT2D eigenvalue weighted by atomic mass is 10.2. The van der Waals surface area contributed by atoms with Crippen molar-refractivity contribution in [2.75, 3.05) is 73.7 Å². The molecule has 0 saturated carbocycles. The van der Waals surface area contributed by atoms with Crippen LogP contribution in [0.5, 0.6) is 0 Å². The van der Waals surface area contributed by atoms with Gasteiger partial charge in [-0.15, -0.1) is 0 Å². The zero-order valence-electron chi connectivity index (χ0n) is 16.2. The first-order valence-corrected chi connectivity index (χ1v) is 9.04. The van der Waals surface area contributed by atoms with Crippen LogP contribution in [-0.2, 0) is 9.47 Å². The molecule has 2 unspecified atom stereocenters. The van der Waals surface area contributed by atoms with Crippen molar-refractivity contribution in [1.82, 2.24) is 20.4 Å². The topological polar surface area (TPSA) is 61.4 Å². The van der Waals surface area contributed by atoms with Crippen LogP contribution >= 0.6 is 0 Å². The first kappa shape index (κ1) is 21.2. The third kappa shape index (κ3) is 8.28. The van der Waals surface area contributed by atoms with Crippen molar-refractivity contribution >= 4 is 5.96 Å². The van der Waals surface area contributed by atoms with Crippen LogP contribution in [0.1, 0.15) is 20.3 Å². The number of guanidine groups is 1. The molecule has 24 heavy (non-hydrogen) atoms. The van der Waals surface area contributed by atoms with Gasteiger partial charge in [-0.3, -0.25) is 9.89 Å². The average molecular weight is 344 g/mol. The van der Waals surface area contributed by atoms with E-state index in [0.29, 0.717) is 12.1 Å². The largest absolute Gasteiger partial charge is 0.385 e. The molecule has 1 aliphatic heterocycles. The molecule has 0 spiro atoms. The Hall–Kier alpha value is -0.890. The molecule has 0 aromatic heterocycles. The summed E-state index contributed by atoms with van der Waals surface area (Å²) in [5.74, 6) is 0.869. The SMILES string of the molecule is CN=C(NCCN(C)CCCOC)NCC(C)N1CCOCC1C. The van der Waals surface area contributed by atoms with Crippen molar-refractivity contribution in [2.24, 2.45) is 4.99 Å². The molecule has 7 nitrogen and oxygen atoms in total. The minimum absolute atomic E-state index is 0.458. The predicted octanol–water partition coefficient (Wildman–Crippen LogP) is 0.229. The number of morpholine rings is 1. The Bertz CT molecular complexity index is 354. The van der Waals surface area contributed by atoms with E-state index in [4.69, 9.17) is 9.47 Å². The van der Waals surface area contributed by atoms with Crippen LogP contribution in [0.15, 0.2) is 4.99 Å². The summed E-state index contributed by atoms with van der Waals surface area (Å²) in [6.45, 7) is 11.8. The first-order valence-electron chi connectivity index (χ1n) is 9.04. The maximum absolute atomic E-state index is 5.51. The summed E-state index contributed by atoms with van der Waals surface area (Å²) in [6.07, 6.45) is 1.06. The van der Waals surface area contributed by atoms with Gasteiger partial charge < -0.3 is 25.0 Å². The molecule has 0 bridgehead atoms. The zero-order valence-corrected chi connectivity index (χ0v) is 16.2. The zero-order chi connectivity index (χ0) is 17.8. The van der Waals surface area contributed by atoms with Gasteiger partial charge in [0.05, 0.1) is 13.2 Å². The van der Waals surface area contributed by atoms with Crippen molar-refractivity contribution in [3.63, 3.8) is 0 Å². The molecule has 1 heterocycles. The molecule has 0 aliphatic carbocycles. The summed E-state index contributed by atoms with van der Waals surface area (Å²) in [5.41, 5.74) is 0. The van der Waals surface area contributed by atoms with E-state index < -0.39 is 0 Å². The number of nitrogens with one attached hydrogen (secondary N) is 2. The lowest BCUT2D eigenvalue weighted by Crippen LogP contribution is -2.53. The van der Waals surface area contributed by atoms with E-state index in [1.165, 1.54) is 0 Å². The van der Waals surface area contributed by atoms with Crippen LogP contribution < -0.4 is 10.6 Å². The Morgan fingerprint density at radius 1 is 1.42 bits per heavy atom. The maximum Gasteiger partial charge on any atom is 0.191 e. The number of ether oxygens (including phenoxy) is 2. The second kappa shape index (κ2) is 12.5. The third-order valence-electron chi connectivity index (χ3n) is 4.45. The van der Waals surface area contributed by atoms with Gasteiger partial charge in [-0.25, -0.2) is 0 Å². The highest BCUT2D eigenvalue weighted by molar-refractivity contribution is 5.79. The minimum atomic E-state index is 0.458. The number of nitrogens with zero attached hydrogens (tertiary/aromatic N) is 3. The molecular weight excluding hydrogens is 306 g/mol. The second-order valence-electron chi connectivity index (χ2n) is 6.54. The van der Waals surface area contributed by atoms with Gasteiger partial charge in [0.2, 0.25) is 0 Å². The van der Waals surface area contributed by atoms with E-state index in [0.717, 1.165) is 64.9 Å². The Labute approximate surface area is 147 Å². The molecule has 1 rings (SSSR count). The number of hydrogen-bond donors (Lipinski definition) is 2. The van der Waals surface area contributed by atoms with Crippen LogP contribution in [0, 0.1) is 0 Å². The summed E-state index contributed by atoms with van der Waals surface area (Å²) in [4.78, 5) is 9.11. The quantitative estimate of drug-likeness (QED) is 0.336. The van der Waals surface area contributed by atoms with E-state index in [2.05, 4.69) is 46.3 Å². The summed E-state index contributed by atoms with van der Waals surface area (Å²) in [7, 11) is 5.70. The van der Waals surface area contributed by atoms with Gasteiger partial charge in [0.1, 0.15) is 0 Å². The molecule has 0 radical (unpaired) electrons.